The number of phenols is 1. The number of anilines is 1. The van der Waals surface area contributed by atoms with Crippen molar-refractivity contribution in [2.75, 3.05) is 12.0 Å². The molecule has 5 rings (SSSR count). The second-order valence-electron chi connectivity index (χ2n) is 7.03. The molecule has 0 bridgehead atoms. The topological polar surface area (TPSA) is 99.7 Å². The van der Waals surface area contributed by atoms with Crippen molar-refractivity contribution in [3.63, 3.8) is 0 Å². The number of ether oxygens (including phenoxy) is 1. The Labute approximate surface area is 179 Å². The second-order valence-corrected chi connectivity index (χ2v) is 9.20. The van der Waals surface area contributed by atoms with E-state index >= 15 is 0 Å². The fourth-order valence-corrected chi connectivity index (χ4v) is 6.61. The number of hydrogen-bond donors (Lipinski definition) is 2. The minimum atomic E-state index is -0.670. The van der Waals surface area contributed by atoms with Gasteiger partial charge in [0.15, 0.2) is 11.5 Å². The van der Waals surface area contributed by atoms with Gasteiger partial charge in [0, 0.05) is 10.8 Å². The number of para-hydroxylation sites is 1. The molecule has 30 heavy (non-hydrogen) atoms. The zero-order valence-corrected chi connectivity index (χ0v) is 17.3. The molecule has 1 saturated heterocycles. The zero-order chi connectivity index (χ0) is 21.0. The summed E-state index contributed by atoms with van der Waals surface area (Å²) in [5, 5.41) is 9.95. The van der Waals surface area contributed by atoms with Crippen LogP contribution < -0.4 is 14.5 Å². The highest BCUT2D eigenvalue weighted by Gasteiger charge is 2.56. The molecule has 3 atom stereocenters. The predicted molar refractivity (Wildman–Crippen MR) is 114 cm³/mol. The molecule has 0 aliphatic carbocycles. The largest absolute Gasteiger partial charge is 0.504 e. The van der Waals surface area contributed by atoms with E-state index in [4.69, 9.17) is 4.74 Å². The maximum Gasteiger partial charge on any atom is 0.305 e. The zero-order valence-electron chi connectivity index (χ0n) is 15.7. The van der Waals surface area contributed by atoms with E-state index in [-0.39, 0.29) is 28.2 Å². The molecule has 2 aliphatic heterocycles. The number of rotatable bonds is 3. The quantitative estimate of drug-likeness (QED) is 0.608. The average Bonchev–Trinajstić information content (AvgIpc) is 3.24. The summed E-state index contributed by atoms with van der Waals surface area (Å²) in [7, 11) is 1.44. The van der Waals surface area contributed by atoms with Gasteiger partial charge in [0.25, 0.3) is 0 Å². The fourth-order valence-electron chi connectivity index (χ4n) is 4.10. The van der Waals surface area contributed by atoms with Gasteiger partial charge in [0.1, 0.15) is 5.25 Å². The standard InChI is InChI=1S/C21H16N2O5S2/c1-28-13-9-10(7-8-12(13)24)14-15-17(29-18-16(14)30-21(27)22-18)20(26)23(19(15)25)11-5-3-2-4-6-11/h2-9,14-15,17,24H,1H3,(H,22,27)/t14-,15-,17+/m0/s1. The summed E-state index contributed by atoms with van der Waals surface area (Å²) in [4.78, 5) is 43.4. The molecule has 3 aromatic rings. The van der Waals surface area contributed by atoms with Gasteiger partial charge in [-0.3, -0.25) is 14.4 Å². The van der Waals surface area contributed by atoms with Crippen LogP contribution in [0, 0.1) is 5.92 Å². The lowest BCUT2D eigenvalue weighted by Crippen LogP contribution is -2.32. The van der Waals surface area contributed by atoms with Crippen LogP contribution in [0.15, 0.2) is 58.4 Å². The molecule has 7 nitrogen and oxygen atoms in total. The minimum absolute atomic E-state index is 0.0230. The number of hydrogen-bond acceptors (Lipinski definition) is 7. The summed E-state index contributed by atoms with van der Waals surface area (Å²) in [6.45, 7) is 0. The minimum Gasteiger partial charge on any atom is -0.504 e. The van der Waals surface area contributed by atoms with E-state index in [2.05, 4.69) is 4.98 Å². The van der Waals surface area contributed by atoms with Crippen LogP contribution in [0.4, 0.5) is 5.69 Å². The Morgan fingerprint density at radius 1 is 1.07 bits per heavy atom. The summed E-state index contributed by atoms with van der Waals surface area (Å²) in [5.74, 6) is -1.53. The van der Waals surface area contributed by atoms with Crippen molar-refractivity contribution >= 4 is 40.6 Å². The number of fused-ring (bicyclic) bond motifs is 2. The number of methoxy groups -OCH3 is 1. The van der Waals surface area contributed by atoms with E-state index in [1.165, 1.54) is 29.8 Å². The molecule has 1 aromatic heterocycles. The van der Waals surface area contributed by atoms with Crippen molar-refractivity contribution in [3.8, 4) is 11.5 Å². The van der Waals surface area contributed by atoms with Gasteiger partial charge in [-0.1, -0.05) is 47.4 Å². The Kier molecular flexibility index (Phi) is 4.44. The summed E-state index contributed by atoms with van der Waals surface area (Å²) >= 11 is 2.28. The molecule has 1 fully saturated rings. The molecule has 0 unspecified atom stereocenters. The first-order chi connectivity index (χ1) is 14.5. The van der Waals surface area contributed by atoms with Crippen molar-refractivity contribution in [1.82, 2.24) is 4.98 Å². The molecular weight excluding hydrogens is 424 g/mol. The summed E-state index contributed by atoms with van der Waals surface area (Å²) < 4.78 is 5.24. The molecular formula is C21H16N2O5S2. The Balaban J connectivity index is 1.67. The smallest absolute Gasteiger partial charge is 0.305 e. The third-order valence-electron chi connectivity index (χ3n) is 5.40. The van der Waals surface area contributed by atoms with Crippen LogP contribution >= 0.6 is 23.1 Å². The normalized spacial score (nSPS) is 22.7. The molecule has 2 amide bonds. The summed E-state index contributed by atoms with van der Waals surface area (Å²) in [6, 6.07) is 13.7. The number of nitrogens with one attached hydrogen (secondary N) is 1. The predicted octanol–water partition coefficient (Wildman–Crippen LogP) is 2.95. The Bertz CT molecular complexity index is 1220. The molecule has 0 saturated carbocycles. The Morgan fingerprint density at radius 3 is 2.57 bits per heavy atom. The van der Waals surface area contributed by atoms with Crippen molar-refractivity contribution < 1.29 is 19.4 Å². The van der Waals surface area contributed by atoms with Crippen LogP contribution in [0.2, 0.25) is 0 Å². The maximum absolute atomic E-state index is 13.5. The van der Waals surface area contributed by atoms with Crippen LogP contribution in [0.25, 0.3) is 0 Å². The number of aromatic nitrogens is 1. The number of imide groups is 1. The molecule has 3 heterocycles. The molecule has 152 valence electrons. The molecule has 2 N–H and O–H groups in total. The number of H-pyrrole nitrogens is 1. The Hall–Kier alpha value is -3.04. The first-order valence-electron chi connectivity index (χ1n) is 9.19. The maximum atomic E-state index is 13.5. The third kappa shape index (κ3) is 2.77. The molecule has 9 heteroatoms. The lowest BCUT2D eigenvalue weighted by Gasteiger charge is -2.30. The highest BCUT2D eigenvalue weighted by atomic mass is 32.2. The lowest BCUT2D eigenvalue weighted by molar-refractivity contribution is -0.122. The number of benzene rings is 2. The third-order valence-corrected chi connectivity index (χ3v) is 7.80. The number of aromatic amines is 1. The van der Waals surface area contributed by atoms with Crippen LogP contribution in [0.1, 0.15) is 16.4 Å². The number of carbonyl (C=O) groups is 2. The van der Waals surface area contributed by atoms with E-state index in [1.807, 2.05) is 6.07 Å². The van der Waals surface area contributed by atoms with Gasteiger partial charge in [0.2, 0.25) is 11.8 Å². The van der Waals surface area contributed by atoms with Crippen molar-refractivity contribution in [3.05, 3.63) is 68.6 Å². The number of amides is 2. The number of thioether (sulfide) groups is 1. The van der Waals surface area contributed by atoms with Crippen LogP contribution in [-0.2, 0) is 9.59 Å². The molecule has 2 aliphatic rings. The van der Waals surface area contributed by atoms with E-state index < -0.39 is 17.1 Å². The number of phenolic OH excluding ortho intramolecular Hbond substituents is 1. The van der Waals surface area contributed by atoms with E-state index in [1.54, 1.807) is 36.4 Å². The van der Waals surface area contributed by atoms with Crippen molar-refractivity contribution in [2.45, 2.75) is 16.2 Å². The van der Waals surface area contributed by atoms with E-state index in [9.17, 15) is 19.5 Å². The van der Waals surface area contributed by atoms with Crippen LogP contribution in [0.5, 0.6) is 11.5 Å². The number of aromatic hydroxyl groups is 1. The number of nitrogens with zero attached hydrogens (tertiary/aromatic N) is 1. The lowest BCUT2D eigenvalue weighted by atomic mass is 9.83. The van der Waals surface area contributed by atoms with Gasteiger partial charge in [-0.2, -0.15) is 0 Å². The average molecular weight is 441 g/mol. The molecule has 2 aromatic carbocycles. The van der Waals surface area contributed by atoms with E-state index in [0.29, 0.717) is 16.3 Å². The van der Waals surface area contributed by atoms with Crippen molar-refractivity contribution in [1.29, 1.82) is 0 Å². The second kappa shape index (κ2) is 7.03. The Morgan fingerprint density at radius 2 is 1.83 bits per heavy atom. The summed E-state index contributed by atoms with van der Waals surface area (Å²) in [5.41, 5.74) is 1.23. The van der Waals surface area contributed by atoms with Gasteiger partial charge in [0.05, 0.1) is 23.7 Å². The monoisotopic (exact) mass is 440 g/mol. The van der Waals surface area contributed by atoms with Gasteiger partial charge in [-0.15, -0.1) is 0 Å². The van der Waals surface area contributed by atoms with Crippen LogP contribution in [-0.4, -0.2) is 34.3 Å². The summed E-state index contributed by atoms with van der Waals surface area (Å²) in [6.07, 6.45) is 0. The highest BCUT2D eigenvalue weighted by Crippen LogP contribution is 2.53. The first-order valence-corrected chi connectivity index (χ1v) is 10.9. The van der Waals surface area contributed by atoms with E-state index in [0.717, 1.165) is 16.2 Å². The van der Waals surface area contributed by atoms with Gasteiger partial charge < -0.3 is 14.8 Å². The highest BCUT2D eigenvalue weighted by molar-refractivity contribution is 8.00. The molecule has 0 spiro atoms. The number of carbonyl (C=O) groups excluding carboxylic acids is 2. The number of thiazole rings is 1. The van der Waals surface area contributed by atoms with Gasteiger partial charge in [-0.05, 0) is 29.8 Å². The molecule has 0 radical (unpaired) electrons. The first kappa shape index (κ1) is 19.0. The SMILES string of the molecule is COc1cc([C@@H]2c3sc(=O)[nH]c3S[C@H]3C(=O)N(c4ccccc4)C(=O)[C@@H]23)ccc1O. The van der Waals surface area contributed by atoms with Crippen molar-refractivity contribution in [2.24, 2.45) is 5.92 Å². The fraction of sp³-hybridized carbons (Fsp3) is 0.190. The van der Waals surface area contributed by atoms with Gasteiger partial charge >= 0.3 is 4.87 Å². The van der Waals surface area contributed by atoms with Gasteiger partial charge in [-0.25, -0.2) is 4.90 Å². The van der Waals surface area contributed by atoms with Crippen LogP contribution in [0.3, 0.4) is 0 Å².